The van der Waals surface area contributed by atoms with Gasteiger partial charge in [0.2, 0.25) is 0 Å². The first kappa shape index (κ1) is 20.6. The van der Waals surface area contributed by atoms with E-state index in [9.17, 15) is 14.0 Å². The third-order valence-electron chi connectivity index (χ3n) is 5.30. The van der Waals surface area contributed by atoms with Crippen molar-refractivity contribution in [2.75, 3.05) is 23.7 Å². The maximum absolute atomic E-state index is 13.2. The Morgan fingerprint density at radius 2 is 1.48 bits per heavy atom. The summed E-state index contributed by atoms with van der Waals surface area (Å²) in [5, 5.41) is 12.5. The Balaban J connectivity index is 1.39. The highest BCUT2D eigenvalue weighted by Crippen LogP contribution is 2.23. The van der Waals surface area contributed by atoms with Gasteiger partial charge in [0.15, 0.2) is 0 Å². The van der Waals surface area contributed by atoms with Gasteiger partial charge in [-0.1, -0.05) is 12.8 Å². The van der Waals surface area contributed by atoms with Crippen LogP contribution in [0.25, 0.3) is 11.3 Å². The summed E-state index contributed by atoms with van der Waals surface area (Å²) in [7, 11) is 0. The SMILES string of the molecule is O=C(Nc1ccc(NC(=O)N2CCCCCC2)cc1)c1cn[nH]c1-c1ccc(F)cc1. The molecule has 0 radical (unpaired) electrons. The number of carbonyl (C=O) groups is 2. The summed E-state index contributed by atoms with van der Waals surface area (Å²) in [4.78, 5) is 27.0. The zero-order chi connectivity index (χ0) is 21.6. The van der Waals surface area contributed by atoms with Crippen molar-refractivity contribution in [1.82, 2.24) is 15.1 Å². The number of nitrogens with zero attached hydrogens (tertiary/aromatic N) is 2. The zero-order valence-electron chi connectivity index (χ0n) is 17.0. The van der Waals surface area contributed by atoms with Crippen LogP contribution in [0.1, 0.15) is 36.0 Å². The molecule has 0 spiro atoms. The Bertz CT molecular complexity index is 1040. The van der Waals surface area contributed by atoms with Crippen molar-refractivity contribution < 1.29 is 14.0 Å². The fraction of sp³-hybridized carbons (Fsp3) is 0.261. The number of benzene rings is 2. The minimum Gasteiger partial charge on any atom is -0.325 e. The molecular formula is C23H24FN5O2. The molecule has 3 N–H and O–H groups in total. The van der Waals surface area contributed by atoms with E-state index in [4.69, 9.17) is 0 Å². The summed E-state index contributed by atoms with van der Waals surface area (Å²) in [5.74, 6) is -0.688. The van der Waals surface area contributed by atoms with Crippen molar-refractivity contribution >= 4 is 23.3 Å². The number of hydrogen-bond acceptors (Lipinski definition) is 3. The van der Waals surface area contributed by atoms with E-state index in [-0.39, 0.29) is 17.8 Å². The highest BCUT2D eigenvalue weighted by Gasteiger charge is 2.17. The molecule has 160 valence electrons. The maximum atomic E-state index is 13.2. The molecule has 31 heavy (non-hydrogen) atoms. The first-order chi connectivity index (χ1) is 15.1. The maximum Gasteiger partial charge on any atom is 0.321 e. The minimum absolute atomic E-state index is 0.0963. The van der Waals surface area contributed by atoms with Crippen molar-refractivity contribution in [2.45, 2.75) is 25.7 Å². The predicted octanol–water partition coefficient (Wildman–Crippen LogP) is 4.88. The van der Waals surface area contributed by atoms with E-state index < -0.39 is 0 Å². The molecule has 0 unspecified atom stereocenters. The second-order valence-electron chi connectivity index (χ2n) is 7.53. The molecule has 0 aliphatic carbocycles. The van der Waals surface area contributed by atoms with Crippen molar-refractivity contribution in [1.29, 1.82) is 0 Å². The zero-order valence-corrected chi connectivity index (χ0v) is 17.0. The first-order valence-electron chi connectivity index (χ1n) is 10.4. The van der Waals surface area contributed by atoms with Crippen LogP contribution >= 0.6 is 0 Å². The summed E-state index contributed by atoms with van der Waals surface area (Å²) in [6.07, 6.45) is 5.83. The second-order valence-corrected chi connectivity index (χ2v) is 7.53. The molecule has 0 bridgehead atoms. The molecular weight excluding hydrogens is 397 g/mol. The summed E-state index contributed by atoms with van der Waals surface area (Å²) >= 11 is 0. The molecule has 2 aromatic carbocycles. The predicted molar refractivity (Wildman–Crippen MR) is 117 cm³/mol. The van der Waals surface area contributed by atoms with Crippen molar-refractivity contribution in [3.8, 4) is 11.3 Å². The quantitative estimate of drug-likeness (QED) is 0.561. The lowest BCUT2D eigenvalue weighted by Gasteiger charge is -2.20. The van der Waals surface area contributed by atoms with Gasteiger partial charge < -0.3 is 15.5 Å². The van der Waals surface area contributed by atoms with Gasteiger partial charge in [0, 0.05) is 30.0 Å². The molecule has 2 heterocycles. The Morgan fingerprint density at radius 3 is 2.13 bits per heavy atom. The summed E-state index contributed by atoms with van der Waals surface area (Å²) in [6.45, 7) is 1.56. The second kappa shape index (κ2) is 9.42. The number of amides is 3. The summed E-state index contributed by atoms with van der Waals surface area (Å²) in [6, 6.07) is 12.7. The van der Waals surface area contributed by atoms with Gasteiger partial charge in [-0.2, -0.15) is 5.10 Å². The molecule has 7 nitrogen and oxygen atoms in total. The van der Waals surface area contributed by atoms with Crippen LogP contribution in [-0.4, -0.2) is 40.1 Å². The van der Waals surface area contributed by atoms with Gasteiger partial charge in [0.1, 0.15) is 5.82 Å². The van der Waals surface area contributed by atoms with Crippen LogP contribution in [0.3, 0.4) is 0 Å². The van der Waals surface area contributed by atoms with Gasteiger partial charge in [-0.3, -0.25) is 9.89 Å². The van der Waals surface area contributed by atoms with Gasteiger partial charge in [-0.05, 0) is 61.4 Å². The molecule has 0 atom stereocenters. The molecule has 3 amide bonds. The Labute approximate surface area is 179 Å². The van der Waals surface area contributed by atoms with Crippen LogP contribution in [0.5, 0.6) is 0 Å². The number of H-pyrrole nitrogens is 1. The molecule has 8 heteroatoms. The number of urea groups is 1. The van der Waals surface area contributed by atoms with Gasteiger partial charge in [0.25, 0.3) is 5.91 Å². The fourth-order valence-electron chi connectivity index (χ4n) is 3.61. The molecule has 1 fully saturated rings. The van der Waals surface area contributed by atoms with Gasteiger partial charge in [-0.25, -0.2) is 9.18 Å². The highest BCUT2D eigenvalue weighted by atomic mass is 19.1. The van der Waals surface area contributed by atoms with Crippen LogP contribution in [-0.2, 0) is 0 Å². The molecule has 4 rings (SSSR count). The monoisotopic (exact) mass is 421 g/mol. The fourth-order valence-corrected chi connectivity index (χ4v) is 3.61. The number of nitrogens with one attached hydrogen (secondary N) is 3. The van der Waals surface area contributed by atoms with E-state index in [2.05, 4.69) is 20.8 Å². The first-order valence-corrected chi connectivity index (χ1v) is 10.4. The lowest BCUT2D eigenvalue weighted by atomic mass is 10.1. The third kappa shape index (κ3) is 5.09. The number of anilines is 2. The molecule has 1 aliphatic heterocycles. The van der Waals surface area contributed by atoms with E-state index in [1.807, 2.05) is 4.90 Å². The van der Waals surface area contributed by atoms with Crippen LogP contribution < -0.4 is 10.6 Å². The largest absolute Gasteiger partial charge is 0.325 e. The van der Waals surface area contributed by atoms with E-state index >= 15 is 0 Å². The average molecular weight is 421 g/mol. The molecule has 0 saturated carbocycles. The third-order valence-corrected chi connectivity index (χ3v) is 5.30. The lowest BCUT2D eigenvalue weighted by molar-refractivity contribution is 0.102. The summed E-state index contributed by atoms with van der Waals surface area (Å²) < 4.78 is 13.2. The topological polar surface area (TPSA) is 90.1 Å². The smallest absolute Gasteiger partial charge is 0.321 e. The minimum atomic E-state index is -0.350. The Morgan fingerprint density at radius 1 is 0.871 bits per heavy atom. The van der Waals surface area contributed by atoms with Crippen molar-refractivity contribution in [3.05, 3.63) is 66.1 Å². The van der Waals surface area contributed by atoms with Crippen LogP contribution in [0.15, 0.2) is 54.7 Å². The molecule has 1 saturated heterocycles. The lowest BCUT2D eigenvalue weighted by Crippen LogP contribution is -2.35. The number of likely N-dealkylation sites (tertiary alicyclic amines) is 1. The Hall–Kier alpha value is -3.68. The van der Waals surface area contributed by atoms with Crippen molar-refractivity contribution in [2.24, 2.45) is 0 Å². The van der Waals surface area contributed by atoms with Crippen LogP contribution in [0, 0.1) is 5.82 Å². The number of hydrogen-bond donors (Lipinski definition) is 3. The van der Waals surface area contributed by atoms with Crippen LogP contribution in [0.2, 0.25) is 0 Å². The average Bonchev–Trinajstić information content (AvgIpc) is 3.10. The Kier molecular flexibility index (Phi) is 6.26. The highest BCUT2D eigenvalue weighted by molar-refractivity contribution is 6.08. The van der Waals surface area contributed by atoms with Crippen LogP contribution in [0.4, 0.5) is 20.6 Å². The van der Waals surface area contributed by atoms with Gasteiger partial charge >= 0.3 is 6.03 Å². The number of halogens is 1. The van der Waals surface area contributed by atoms with E-state index in [0.29, 0.717) is 28.2 Å². The summed E-state index contributed by atoms with van der Waals surface area (Å²) in [5.41, 5.74) is 2.78. The number of aromatic nitrogens is 2. The number of carbonyl (C=O) groups excluding carboxylic acids is 2. The van der Waals surface area contributed by atoms with Gasteiger partial charge in [0.05, 0.1) is 17.5 Å². The number of aromatic amines is 1. The van der Waals surface area contributed by atoms with E-state index in [0.717, 1.165) is 38.8 Å². The van der Waals surface area contributed by atoms with E-state index in [1.165, 1.54) is 18.3 Å². The van der Waals surface area contributed by atoms with E-state index in [1.54, 1.807) is 36.4 Å². The molecule has 1 aliphatic rings. The number of rotatable bonds is 4. The van der Waals surface area contributed by atoms with Crippen molar-refractivity contribution in [3.63, 3.8) is 0 Å². The standard InChI is InChI=1S/C23H24FN5O2/c24-17-7-5-16(6-8-17)21-20(15-25-28-21)22(30)26-18-9-11-19(12-10-18)27-23(31)29-13-3-1-2-4-14-29/h5-12,15H,1-4,13-14H2,(H,25,28)(H,26,30)(H,27,31). The molecule has 1 aromatic heterocycles. The molecule has 3 aromatic rings. The van der Waals surface area contributed by atoms with Gasteiger partial charge in [-0.15, -0.1) is 0 Å². The normalized spacial score (nSPS) is 14.0.